The zero-order valence-corrected chi connectivity index (χ0v) is 14.7. The Hall–Kier alpha value is -2.40. The molecule has 134 valence electrons. The normalized spacial score (nSPS) is 10.8. The molecule has 5 heteroatoms. The first kappa shape index (κ1) is 18.9. The van der Waals surface area contributed by atoms with Crippen molar-refractivity contribution in [2.45, 2.75) is 32.7 Å². The topological polar surface area (TPSA) is 58.4 Å². The molecule has 2 aromatic rings. The number of carbonyl (C=O) groups is 1. The SMILES string of the molecule is CCCN(CCCC(=O)Nc1ccc(F)c(N)c1)Cc1ccccc1. The number of halogens is 1. The molecule has 2 rings (SSSR count). The minimum atomic E-state index is -0.478. The minimum Gasteiger partial charge on any atom is -0.396 e. The molecule has 0 saturated heterocycles. The van der Waals surface area contributed by atoms with Crippen LogP contribution in [0.25, 0.3) is 0 Å². The Bertz CT molecular complexity index is 676. The van der Waals surface area contributed by atoms with Crippen LogP contribution in [0.4, 0.5) is 15.8 Å². The molecule has 4 nitrogen and oxygen atoms in total. The van der Waals surface area contributed by atoms with Crippen molar-refractivity contribution in [2.24, 2.45) is 0 Å². The second kappa shape index (κ2) is 9.79. The maximum Gasteiger partial charge on any atom is 0.224 e. The van der Waals surface area contributed by atoms with Gasteiger partial charge in [0.05, 0.1) is 5.69 Å². The highest BCUT2D eigenvalue weighted by Gasteiger charge is 2.08. The number of anilines is 2. The maximum atomic E-state index is 13.1. The molecule has 1 amide bonds. The molecule has 0 aliphatic carbocycles. The molecule has 0 aliphatic rings. The smallest absolute Gasteiger partial charge is 0.224 e. The largest absolute Gasteiger partial charge is 0.396 e. The Morgan fingerprint density at radius 2 is 1.92 bits per heavy atom. The van der Waals surface area contributed by atoms with Crippen molar-refractivity contribution in [3.63, 3.8) is 0 Å². The van der Waals surface area contributed by atoms with Gasteiger partial charge in [-0.05, 0) is 49.7 Å². The number of nitrogens with two attached hydrogens (primary N) is 1. The van der Waals surface area contributed by atoms with E-state index < -0.39 is 5.82 Å². The molecule has 0 heterocycles. The highest BCUT2D eigenvalue weighted by atomic mass is 19.1. The number of carbonyl (C=O) groups excluding carboxylic acids is 1. The molecule has 0 unspecified atom stereocenters. The Labute approximate surface area is 148 Å². The van der Waals surface area contributed by atoms with Crippen LogP contribution < -0.4 is 11.1 Å². The predicted octanol–water partition coefficient (Wildman–Crippen LogP) is 4.04. The van der Waals surface area contributed by atoms with Crippen LogP contribution in [0.3, 0.4) is 0 Å². The van der Waals surface area contributed by atoms with Gasteiger partial charge in [0.25, 0.3) is 0 Å². The number of hydrogen-bond acceptors (Lipinski definition) is 3. The van der Waals surface area contributed by atoms with Gasteiger partial charge in [-0.1, -0.05) is 37.3 Å². The second-order valence-corrected chi connectivity index (χ2v) is 6.15. The molecule has 0 aromatic heterocycles. The molecule has 0 bridgehead atoms. The van der Waals surface area contributed by atoms with Crippen LogP contribution in [0.2, 0.25) is 0 Å². The fourth-order valence-electron chi connectivity index (χ4n) is 2.74. The van der Waals surface area contributed by atoms with Crippen molar-refractivity contribution >= 4 is 17.3 Å². The number of amides is 1. The van der Waals surface area contributed by atoms with E-state index in [-0.39, 0.29) is 11.6 Å². The maximum absolute atomic E-state index is 13.1. The highest BCUT2D eigenvalue weighted by molar-refractivity contribution is 5.91. The van der Waals surface area contributed by atoms with Crippen LogP contribution in [0.1, 0.15) is 31.7 Å². The van der Waals surface area contributed by atoms with Crippen molar-refractivity contribution in [1.82, 2.24) is 4.90 Å². The molecule has 0 radical (unpaired) electrons. The monoisotopic (exact) mass is 343 g/mol. The molecule has 0 saturated carbocycles. The molecular formula is C20H26FN3O. The fourth-order valence-corrected chi connectivity index (χ4v) is 2.74. The van der Waals surface area contributed by atoms with Gasteiger partial charge >= 0.3 is 0 Å². The zero-order chi connectivity index (χ0) is 18.1. The molecule has 0 spiro atoms. The fraction of sp³-hybridized carbons (Fsp3) is 0.350. The predicted molar refractivity (Wildman–Crippen MR) is 101 cm³/mol. The molecule has 0 aliphatic heterocycles. The first-order valence-electron chi connectivity index (χ1n) is 8.69. The molecule has 3 N–H and O–H groups in total. The van der Waals surface area contributed by atoms with Crippen molar-refractivity contribution in [3.8, 4) is 0 Å². The summed E-state index contributed by atoms with van der Waals surface area (Å²) in [6, 6.07) is 14.5. The third kappa shape index (κ3) is 6.55. The van der Waals surface area contributed by atoms with E-state index in [0.717, 1.165) is 32.5 Å². The average molecular weight is 343 g/mol. The van der Waals surface area contributed by atoms with Gasteiger partial charge in [0, 0.05) is 18.7 Å². The van der Waals surface area contributed by atoms with Gasteiger partial charge in [-0.25, -0.2) is 4.39 Å². The van der Waals surface area contributed by atoms with Crippen LogP contribution in [0.15, 0.2) is 48.5 Å². The molecule has 0 atom stereocenters. The summed E-state index contributed by atoms with van der Waals surface area (Å²) in [5.41, 5.74) is 7.35. The van der Waals surface area contributed by atoms with E-state index in [9.17, 15) is 9.18 Å². The Kier molecular flexibility index (Phi) is 7.41. The number of benzene rings is 2. The Morgan fingerprint density at radius 1 is 1.16 bits per heavy atom. The number of rotatable bonds is 9. The summed E-state index contributed by atoms with van der Waals surface area (Å²) in [6.07, 6.45) is 2.27. The van der Waals surface area contributed by atoms with Gasteiger partial charge in [-0.3, -0.25) is 9.69 Å². The standard InChI is InChI=1S/C20H26FN3O/c1-2-12-24(15-16-7-4-3-5-8-16)13-6-9-20(25)23-17-10-11-18(21)19(22)14-17/h3-5,7-8,10-11,14H,2,6,9,12-13,15,22H2,1H3,(H,23,25). The summed E-state index contributed by atoms with van der Waals surface area (Å²) in [4.78, 5) is 14.4. The van der Waals surface area contributed by atoms with E-state index >= 15 is 0 Å². The first-order valence-corrected chi connectivity index (χ1v) is 8.69. The number of nitrogens with one attached hydrogen (secondary N) is 1. The molecule has 2 aromatic carbocycles. The summed E-state index contributed by atoms with van der Waals surface area (Å²) in [5.74, 6) is -0.559. The van der Waals surface area contributed by atoms with Crippen molar-refractivity contribution in [2.75, 3.05) is 24.1 Å². The summed E-state index contributed by atoms with van der Waals surface area (Å²) in [5, 5.41) is 2.76. The number of nitrogens with zero attached hydrogens (tertiary/aromatic N) is 1. The number of hydrogen-bond donors (Lipinski definition) is 2. The van der Waals surface area contributed by atoms with E-state index in [1.54, 1.807) is 0 Å². The first-order chi connectivity index (χ1) is 12.1. The van der Waals surface area contributed by atoms with E-state index in [2.05, 4.69) is 29.3 Å². The second-order valence-electron chi connectivity index (χ2n) is 6.15. The Morgan fingerprint density at radius 3 is 2.60 bits per heavy atom. The van der Waals surface area contributed by atoms with E-state index in [0.29, 0.717) is 12.1 Å². The van der Waals surface area contributed by atoms with Gasteiger partial charge in [0.15, 0.2) is 0 Å². The third-order valence-electron chi connectivity index (χ3n) is 3.95. The Balaban J connectivity index is 1.78. The minimum absolute atomic E-state index is 0.0368. The van der Waals surface area contributed by atoms with Crippen LogP contribution in [0, 0.1) is 5.82 Å². The van der Waals surface area contributed by atoms with Crippen LogP contribution in [-0.4, -0.2) is 23.9 Å². The van der Waals surface area contributed by atoms with Gasteiger partial charge < -0.3 is 11.1 Å². The average Bonchev–Trinajstić information content (AvgIpc) is 2.59. The van der Waals surface area contributed by atoms with Gasteiger partial charge in [-0.2, -0.15) is 0 Å². The summed E-state index contributed by atoms with van der Waals surface area (Å²) < 4.78 is 13.1. The lowest BCUT2D eigenvalue weighted by atomic mass is 10.2. The lowest BCUT2D eigenvalue weighted by Crippen LogP contribution is -2.26. The van der Waals surface area contributed by atoms with E-state index in [1.165, 1.54) is 23.8 Å². The zero-order valence-electron chi connectivity index (χ0n) is 14.7. The summed E-state index contributed by atoms with van der Waals surface area (Å²) >= 11 is 0. The third-order valence-corrected chi connectivity index (χ3v) is 3.95. The lowest BCUT2D eigenvalue weighted by Gasteiger charge is -2.21. The van der Waals surface area contributed by atoms with E-state index in [1.807, 2.05) is 18.2 Å². The summed E-state index contributed by atoms with van der Waals surface area (Å²) in [7, 11) is 0. The van der Waals surface area contributed by atoms with Crippen LogP contribution >= 0.6 is 0 Å². The van der Waals surface area contributed by atoms with Crippen LogP contribution in [-0.2, 0) is 11.3 Å². The molecule has 25 heavy (non-hydrogen) atoms. The highest BCUT2D eigenvalue weighted by Crippen LogP contribution is 2.16. The summed E-state index contributed by atoms with van der Waals surface area (Å²) in [6.45, 7) is 4.92. The molecule has 0 fully saturated rings. The van der Waals surface area contributed by atoms with Crippen LogP contribution in [0.5, 0.6) is 0 Å². The van der Waals surface area contributed by atoms with Crippen molar-refractivity contribution < 1.29 is 9.18 Å². The van der Waals surface area contributed by atoms with Gasteiger partial charge in [0.1, 0.15) is 5.82 Å². The quantitative estimate of drug-likeness (QED) is 0.676. The van der Waals surface area contributed by atoms with Crippen molar-refractivity contribution in [1.29, 1.82) is 0 Å². The lowest BCUT2D eigenvalue weighted by molar-refractivity contribution is -0.116. The van der Waals surface area contributed by atoms with E-state index in [4.69, 9.17) is 5.73 Å². The number of nitrogen functional groups attached to an aromatic ring is 1. The van der Waals surface area contributed by atoms with Crippen molar-refractivity contribution in [3.05, 3.63) is 59.9 Å². The van der Waals surface area contributed by atoms with Gasteiger partial charge in [0.2, 0.25) is 5.91 Å². The molecular weight excluding hydrogens is 317 g/mol. The van der Waals surface area contributed by atoms with Gasteiger partial charge in [-0.15, -0.1) is 0 Å².